The number of hydrogen-bond acceptors (Lipinski definition) is 2. The van der Waals surface area contributed by atoms with Crippen molar-refractivity contribution >= 4 is 6.08 Å². The van der Waals surface area contributed by atoms with E-state index in [1.165, 1.54) is 0 Å². The van der Waals surface area contributed by atoms with E-state index in [2.05, 4.69) is 6.08 Å². The van der Waals surface area contributed by atoms with Crippen LogP contribution in [0.4, 0.5) is 0 Å². The lowest BCUT2D eigenvalue weighted by molar-refractivity contribution is 0.414. The Morgan fingerprint density at radius 3 is 2.79 bits per heavy atom. The highest BCUT2D eigenvalue weighted by molar-refractivity contribution is 5.57. The zero-order chi connectivity index (χ0) is 10.4. The fraction of sp³-hybridized carbons (Fsp3) is 0.333. The molecule has 0 bridgehead atoms. The van der Waals surface area contributed by atoms with Crippen molar-refractivity contribution in [2.45, 2.75) is 19.4 Å². The van der Waals surface area contributed by atoms with Crippen molar-refractivity contribution < 1.29 is 4.74 Å². The molecule has 0 radical (unpaired) electrons. The smallest absolute Gasteiger partial charge is 0.126 e. The number of methoxy groups -OCH3 is 1. The van der Waals surface area contributed by atoms with E-state index in [0.29, 0.717) is 0 Å². The van der Waals surface area contributed by atoms with Gasteiger partial charge in [0.25, 0.3) is 0 Å². The Hall–Kier alpha value is -1.28. The van der Waals surface area contributed by atoms with Gasteiger partial charge >= 0.3 is 0 Å². The Morgan fingerprint density at radius 2 is 2.14 bits per heavy atom. The van der Waals surface area contributed by atoms with Crippen LogP contribution in [-0.2, 0) is 0 Å². The van der Waals surface area contributed by atoms with Gasteiger partial charge in [0.05, 0.1) is 7.11 Å². The second-order valence-electron chi connectivity index (χ2n) is 3.36. The predicted octanol–water partition coefficient (Wildman–Crippen LogP) is 2.45. The van der Waals surface area contributed by atoms with Crippen molar-refractivity contribution in [1.82, 2.24) is 0 Å². The average Bonchev–Trinajstić information content (AvgIpc) is 2.18. The molecule has 0 aliphatic heterocycles. The third-order valence-electron chi connectivity index (χ3n) is 1.94. The summed E-state index contributed by atoms with van der Waals surface area (Å²) in [4.78, 5) is 0. The van der Waals surface area contributed by atoms with Crippen LogP contribution in [0.2, 0.25) is 0 Å². The summed E-state index contributed by atoms with van der Waals surface area (Å²) in [6, 6.07) is 8.14. The SMILES string of the molecule is COc1ccccc1/C=C/CC(C)N. The monoisotopic (exact) mass is 191 g/mol. The van der Waals surface area contributed by atoms with Crippen molar-refractivity contribution in [3.05, 3.63) is 35.9 Å². The van der Waals surface area contributed by atoms with Crippen LogP contribution in [0.5, 0.6) is 5.75 Å². The van der Waals surface area contributed by atoms with Gasteiger partial charge in [0.2, 0.25) is 0 Å². The summed E-state index contributed by atoms with van der Waals surface area (Å²) in [5.41, 5.74) is 6.74. The number of nitrogens with two attached hydrogens (primary N) is 1. The van der Waals surface area contributed by atoms with Crippen molar-refractivity contribution in [2.75, 3.05) is 7.11 Å². The fourth-order valence-electron chi connectivity index (χ4n) is 1.21. The van der Waals surface area contributed by atoms with E-state index >= 15 is 0 Å². The largest absolute Gasteiger partial charge is 0.496 e. The van der Waals surface area contributed by atoms with Crippen molar-refractivity contribution in [3.63, 3.8) is 0 Å². The van der Waals surface area contributed by atoms with Crippen LogP contribution < -0.4 is 10.5 Å². The predicted molar refractivity (Wildman–Crippen MR) is 60.3 cm³/mol. The van der Waals surface area contributed by atoms with Crippen molar-refractivity contribution in [1.29, 1.82) is 0 Å². The highest BCUT2D eigenvalue weighted by atomic mass is 16.5. The zero-order valence-corrected chi connectivity index (χ0v) is 8.73. The summed E-state index contributed by atoms with van der Waals surface area (Å²) in [7, 11) is 1.68. The molecule has 76 valence electrons. The van der Waals surface area contributed by atoms with Crippen LogP contribution in [0.3, 0.4) is 0 Å². The number of para-hydroxylation sites is 1. The summed E-state index contributed by atoms with van der Waals surface area (Å²) in [6.45, 7) is 1.99. The Kier molecular flexibility index (Phi) is 4.20. The van der Waals surface area contributed by atoms with Gasteiger partial charge in [-0.25, -0.2) is 0 Å². The molecule has 1 atom stereocenters. The topological polar surface area (TPSA) is 35.2 Å². The maximum Gasteiger partial charge on any atom is 0.126 e. The van der Waals surface area contributed by atoms with Crippen LogP contribution in [0.15, 0.2) is 30.3 Å². The molecule has 2 heteroatoms. The lowest BCUT2D eigenvalue weighted by Crippen LogP contribution is -2.12. The lowest BCUT2D eigenvalue weighted by atomic mass is 10.1. The van der Waals surface area contributed by atoms with Gasteiger partial charge in [0.15, 0.2) is 0 Å². The molecule has 0 spiro atoms. The van der Waals surface area contributed by atoms with Crippen LogP contribution in [-0.4, -0.2) is 13.2 Å². The van der Waals surface area contributed by atoms with E-state index in [1.807, 2.05) is 37.3 Å². The van der Waals surface area contributed by atoms with Gasteiger partial charge in [-0.2, -0.15) is 0 Å². The van der Waals surface area contributed by atoms with Crippen LogP contribution >= 0.6 is 0 Å². The Labute approximate surface area is 85.4 Å². The van der Waals surface area contributed by atoms with Gasteiger partial charge in [-0.1, -0.05) is 30.4 Å². The summed E-state index contributed by atoms with van der Waals surface area (Å²) in [5, 5.41) is 0. The molecular weight excluding hydrogens is 174 g/mol. The van der Waals surface area contributed by atoms with Crippen LogP contribution in [0.25, 0.3) is 6.08 Å². The summed E-state index contributed by atoms with van der Waals surface area (Å²) < 4.78 is 5.22. The summed E-state index contributed by atoms with van der Waals surface area (Å²) >= 11 is 0. The molecule has 14 heavy (non-hydrogen) atoms. The number of hydrogen-bond donors (Lipinski definition) is 1. The molecule has 1 unspecified atom stereocenters. The lowest BCUT2D eigenvalue weighted by Gasteiger charge is -2.03. The molecule has 0 fully saturated rings. The number of ether oxygens (including phenoxy) is 1. The molecule has 0 saturated heterocycles. The molecule has 0 amide bonds. The normalized spacial score (nSPS) is 13.1. The number of rotatable bonds is 4. The van der Waals surface area contributed by atoms with Gasteiger partial charge in [-0.15, -0.1) is 0 Å². The minimum atomic E-state index is 0.209. The molecule has 0 aromatic heterocycles. The minimum absolute atomic E-state index is 0.209. The maximum absolute atomic E-state index is 5.64. The third-order valence-corrected chi connectivity index (χ3v) is 1.94. The molecule has 2 N–H and O–H groups in total. The maximum atomic E-state index is 5.64. The van der Waals surface area contributed by atoms with E-state index < -0.39 is 0 Å². The van der Waals surface area contributed by atoms with Gasteiger partial charge in [0, 0.05) is 11.6 Å². The van der Waals surface area contributed by atoms with Gasteiger partial charge in [-0.05, 0) is 19.4 Å². The van der Waals surface area contributed by atoms with E-state index in [0.717, 1.165) is 17.7 Å². The second-order valence-corrected chi connectivity index (χ2v) is 3.36. The highest BCUT2D eigenvalue weighted by Crippen LogP contribution is 2.18. The average molecular weight is 191 g/mol. The molecule has 1 aromatic rings. The molecule has 2 nitrogen and oxygen atoms in total. The standard InChI is InChI=1S/C12H17NO/c1-10(13)6-5-8-11-7-3-4-9-12(11)14-2/h3-5,7-10H,6,13H2,1-2H3/b8-5+. The zero-order valence-electron chi connectivity index (χ0n) is 8.73. The molecule has 0 aliphatic rings. The quantitative estimate of drug-likeness (QED) is 0.793. The first kappa shape index (κ1) is 10.8. The van der Waals surface area contributed by atoms with Crippen molar-refractivity contribution in [3.8, 4) is 5.75 Å². The first-order valence-corrected chi connectivity index (χ1v) is 4.79. The number of benzene rings is 1. The molecule has 1 aromatic carbocycles. The molecular formula is C12H17NO. The highest BCUT2D eigenvalue weighted by Gasteiger charge is 1.96. The van der Waals surface area contributed by atoms with Gasteiger partial charge < -0.3 is 10.5 Å². The first-order chi connectivity index (χ1) is 6.74. The van der Waals surface area contributed by atoms with E-state index in [4.69, 9.17) is 10.5 Å². The van der Waals surface area contributed by atoms with E-state index in [9.17, 15) is 0 Å². The first-order valence-electron chi connectivity index (χ1n) is 4.79. The Morgan fingerprint density at radius 1 is 1.43 bits per heavy atom. The van der Waals surface area contributed by atoms with E-state index in [1.54, 1.807) is 7.11 Å². The summed E-state index contributed by atoms with van der Waals surface area (Å²) in [6.07, 6.45) is 5.00. The second kappa shape index (κ2) is 5.45. The van der Waals surface area contributed by atoms with E-state index in [-0.39, 0.29) is 6.04 Å². The van der Waals surface area contributed by atoms with Crippen LogP contribution in [0.1, 0.15) is 18.9 Å². The molecule has 0 heterocycles. The van der Waals surface area contributed by atoms with Gasteiger partial charge in [0.1, 0.15) is 5.75 Å². The molecule has 1 rings (SSSR count). The van der Waals surface area contributed by atoms with Gasteiger partial charge in [-0.3, -0.25) is 0 Å². The molecule has 0 saturated carbocycles. The molecule has 0 aliphatic carbocycles. The van der Waals surface area contributed by atoms with Crippen LogP contribution in [0, 0.1) is 0 Å². The minimum Gasteiger partial charge on any atom is -0.496 e. The fourth-order valence-corrected chi connectivity index (χ4v) is 1.21. The Balaban J connectivity index is 2.70. The third kappa shape index (κ3) is 3.23. The Bertz CT molecular complexity index is 305. The van der Waals surface area contributed by atoms with Crippen molar-refractivity contribution in [2.24, 2.45) is 5.73 Å². The summed E-state index contributed by atoms with van der Waals surface area (Å²) in [5.74, 6) is 0.897.